The Labute approximate surface area is 125 Å². The maximum Gasteiger partial charge on any atom is 0.252 e. The summed E-state index contributed by atoms with van der Waals surface area (Å²) in [6.07, 6.45) is 5.79. The van der Waals surface area contributed by atoms with Gasteiger partial charge in [0.1, 0.15) is 0 Å². The van der Waals surface area contributed by atoms with Crippen molar-refractivity contribution in [1.82, 2.24) is 4.57 Å². The van der Waals surface area contributed by atoms with Crippen LogP contribution < -0.4 is 16.6 Å². The fourth-order valence-corrected chi connectivity index (χ4v) is 3.25. The highest BCUT2D eigenvalue weighted by Crippen LogP contribution is 2.25. The van der Waals surface area contributed by atoms with Crippen molar-refractivity contribution in [1.29, 1.82) is 0 Å². The van der Waals surface area contributed by atoms with Crippen LogP contribution in [0.15, 0.2) is 35.1 Å². The minimum Gasteiger partial charge on any atom is -0.380 e. The number of nitrogens with two attached hydrogens (primary N) is 1. The van der Waals surface area contributed by atoms with Crippen molar-refractivity contribution >= 4 is 16.6 Å². The topological polar surface area (TPSA) is 60.0 Å². The Morgan fingerprint density at radius 3 is 2.81 bits per heavy atom. The van der Waals surface area contributed by atoms with Crippen molar-refractivity contribution in [3.8, 4) is 0 Å². The molecule has 1 heterocycles. The lowest BCUT2D eigenvalue weighted by atomic mass is 10.0. The third-order valence-electron chi connectivity index (χ3n) is 4.56. The molecule has 3 N–H and O–H groups in total. The van der Waals surface area contributed by atoms with Crippen LogP contribution >= 0.6 is 0 Å². The van der Waals surface area contributed by atoms with Crippen LogP contribution in [0.5, 0.6) is 0 Å². The Balaban J connectivity index is 2.00. The summed E-state index contributed by atoms with van der Waals surface area (Å²) >= 11 is 0. The minimum absolute atomic E-state index is 0.0124. The Hall–Kier alpha value is -1.81. The lowest BCUT2D eigenvalue weighted by molar-refractivity contribution is 0.528. The molecule has 112 valence electrons. The first-order chi connectivity index (χ1) is 10.2. The van der Waals surface area contributed by atoms with Gasteiger partial charge in [-0.05, 0) is 18.9 Å². The first-order valence-corrected chi connectivity index (χ1v) is 7.78. The van der Waals surface area contributed by atoms with Crippen LogP contribution in [-0.2, 0) is 7.05 Å². The third kappa shape index (κ3) is 2.81. The van der Waals surface area contributed by atoms with Crippen LogP contribution in [0.4, 0.5) is 5.69 Å². The molecule has 3 rings (SSSR count). The number of aromatic nitrogens is 1. The molecule has 1 aromatic carbocycles. The molecule has 2 atom stereocenters. The normalized spacial score (nSPS) is 23.0. The van der Waals surface area contributed by atoms with Crippen LogP contribution in [0.3, 0.4) is 0 Å². The van der Waals surface area contributed by atoms with E-state index in [0.717, 1.165) is 29.4 Å². The number of anilines is 1. The average molecular weight is 285 g/mol. The maximum absolute atomic E-state index is 12.1. The second-order valence-electron chi connectivity index (χ2n) is 6.03. The van der Waals surface area contributed by atoms with Gasteiger partial charge in [-0.25, -0.2) is 0 Å². The van der Waals surface area contributed by atoms with Crippen molar-refractivity contribution in [3.05, 3.63) is 40.7 Å². The first-order valence-electron chi connectivity index (χ1n) is 7.78. The molecular formula is C17H23N3O. The maximum atomic E-state index is 12.1. The van der Waals surface area contributed by atoms with Gasteiger partial charge in [-0.1, -0.05) is 37.5 Å². The number of nitrogens with zero attached hydrogens (tertiary/aromatic N) is 1. The monoisotopic (exact) mass is 285 g/mol. The van der Waals surface area contributed by atoms with Crippen molar-refractivity contribution in [2.24, 2.45) is 12.8 Å². The van der Waals surface area contributed by atoms with Crippen molar-refractivity contribution in [2.75, 3.05) is 5.32 Å². The molecule has 0 aliphatic heterocycles. The molecule has 0 radical (unpaired) electrons. The van der Waals surface area contributed by atoms with Crippen LogP contribution in [0.1, 0.15) is 32.1 Å². The molecule has 1 aliphatic rings. The summed E-state index contributed by atoms with van der Waals surface area (Å²) in [5.41, 5.74) is 8.17. The Bertz CT molecular complexity index is 692. The molecular weight excluding hydrogens is 262 g/mol. The predicted molar refractivity (Wildman–Crippen MR) is 87.7 cm³/mol. The van der Waals surface area contributed by atoms with Gasteiger partial charge in [0.15, 0.2) is 0 Å². The number of para-hydroxylation sites is 1. The molecule has 2 unspecified atom stereocenters. The van der Waals surface area contributed by atoms with E-state index in [2.05, 4.69) is 11.4 Å². The lowest BCUT2D eigenvalue weighted by Crippen LogP contribution is -2.39. The summed E-state index contributed by atoms with van der Waals surface area (Å²) in [4.78, 5) is 12.1. The highest BCUT2D eigenvalue weighted by molar-refractivity contribution is 5.91. The predicted octanol–water partition coefficient (Wildman–Crippen LogP) is 2.61. The quantitative estimate of drug-likeness (QED) is 0.834. The van der Waals surface area contributed by atoms with Gasteiger partial charge in [0, 0.05) is 36.3 Å². The summed E-state index contributed by atoms with van der Waals surface area (Å²) in [6, 6.07) is 10.1. The summed E-state index contributed by atoms with van der Waals surface area (Å²) in [5.74, 6) is 0. The Morgan fingerprint density at radius 1 is 1.19 bits per heavy atom. The second-order valence-corrected chi connectivity index (χ2v) is 6.03. The number of fused-ring (bicyclic) bond motifs is 1. The van der Waals surface area contributed by atoms with Gasteiger partial charge in [0.25, 0.3) is 5.56 Å². The number of hydrogen-bond donors (Lipinski definition) is 2. The van der Waals surface area contributed by atoms with E-state index in [-0.39, 0.29) is 17.6 Å². The summed E-state index contributed by atoms with van der Waals surface area (Å²) in [6.45, 7) is 0. The highest BCUT2D eigenvalue weighted by atomic mass is 16.1. The molecule has 1 fully saturated rings. The second kappa shape index (κ2) is 5.90. The van der Waals surface area contributed by atoms with E-state index >= 15 is 0 Å². The van der Waals surface area contributed by atoms with Gasteiger partial charge in [-0.15, -0.1) is 0 Å². The number of aryl methyl sites for hydroxylation is 1. The van der Waals surface area contributed by atoms with Crippen molar-refractivity contribution in [2.45, 2.75) is 44.2 Å². The van der Waals surface area contributed by atoms with E-state index < -0.39 is 0 Å². The smallest absolute Gasteiger partial charge is 0.252 e. The van der Waals surface area contributed by atoms with E-state index in [1.807, 2.05) is 25.2 Å². The van der Waals surface area contributed by atoms with Crippen LogP contribution in [0.25, 0.3) is 10.9 Å². The lowest BCUT2D eigenvalue weighted by Gasteiger charge is -2.25. The number of nitrogens with one attached hydrogen (secondary N) is 1. The van der Waals surface area contributed by atoms with E-state index in [9.17, 15) is 4.79 Å². The summed E-state index contributed by atoms with van der Waals surface area (Å²) < 4.78 is 1.69. The average Bonchev–Trinajstić information content (AvgIpc) is 2.70. The number of benzene rings is 1. The van der Waals surface area contributed by atoms with Crippen molar-refractivity contribution in [3.63, 3.8) is 0 Å². The molecule has 4 nitrogen and oxygen atoms in total. The molecule has 0 saturated heterocycles. The Morgan fingerprint density at radius 2 is 1.95 bits per heavy atom. The number of rotatable bonds is 2. The van der Waals surface area contributed by atoms with Crippen LogP contribution in [0, 0.1) is 0 Å². The molecule has 0 bridgehead atoms. The molecule has 4 heteroatoms. The van der Waals surface area contributed by atoms with Crippen molar-refractivity contribution < 1.29 is 0 Å². The number of pyridine rings is 1. The molecule has 21 heavy (non-hydrogen) atoms. The summed E-state index contributed by atoms with van der Waals surface area (Å²) in [5, 5.41) is 4.62. The molecule has 0 amide bonds. The van der Waals surface area contributed by atoms with Gasteiger partial charge < -0.3 is 15.6 Å². The largest absolute Gasteiger partial charge is 0.380 e. The molecule has 1 aromatic heterocycles. The van der Waals surface area contributed by atoms with Gasteiger partial charge in [0.05, 0.1) is 5.52 Å². The van der Waals surface area contributed by atoms with Crippen LogP contribution in [-0.4, -0.2) is 16.7 Å². The SMILES string of the molecule is Cn1c(=O)cc(NC2CCCCCC2N)c2ccccc21. The van der Waals surface area contributed by atoms with E-state index in [0.29, 0.717) is 0 Å². The fourth-order valence-electron chi connectivity index (χ4n) is 3.25. The standard InChI is InChI=1S/C17H23N3O/c1-20-16-10-6-5-7-12(16)15(11-17(20)21)19-14-9-4-2-3-8-13(14)18/h5-7,10-11,13-14,19H,2-4,8-9,18H2,1H3. The third-order valence-corrected chi connectivity index (χ3v) is 4.56. The van der Waals surface area contributed by atoms with Gasteiger partial charge in [-0.2, -0.15) is 0 Å². The van der Waals surface area contributed by atoms with Gasteiger partial charge in [0.2, 0.25) is 0 Å². The zero-order valence-electron chi connectivity index (χ0n) is 12.5. The number of hydrogen-bond acceptors (Lipinski definition) is 3. The molecule has 0 spiro atoms. The Kier molecular flexibility index (Phi) is 3.97. The van der Waals surface area contributed by atoms with E-state index in [1.165, 1.54) is 19.3 Å². The van der Waals surface area contributed by atoms with Crippen LogP contribution in [0.2, 0.25) is 0 Å². The summed E-state index contributed by atoms with van der Waals surface area (Å²) in [7, 11) is 1.81. The van der Waals surface area contributed by atoms with E-state index in [1.54, 1.807) is 10.6 Å². The van der Waals surface area contributed by atoms with E-state index in [4.69, 9.17) is 5.73 Å². The molecule has 1 aliphatic carbocycles. The van der Waals surface area contributed by atoms with Gasteiger partial charge >= 0.3 is 0 Å². The minimum atomic E-state index is 0.0124. The first kappa shape index (κ1) is 14.1. The highest BCUT2D eigenvalue weighted by Gasteiger charge is 2.21. The van der Waals surface area contributed by atoms with Gasteiger partial charge in [-0.3, -0.25) is 4.79 Å². The molecule has 2 aromatic rings. The molecule has 1 saturated carbocycles. The zero-order valence-corrected chi connectivity index (χ0v) is 12.5. The fraction of sp³-hybridized carbons (Fsp3) is 0.471. The zero-order chi connectivity index (χ0) is 14.8.